The standard InChI is InChI=1S/C14H19N5O2.2ClH/c1-9-18-11-4-2-3-5-12(11)19(9)7-6-17-14(21)10(15)8-13(16)20;;/h2-5,10H,6-8,15H2,1H3,(H2,16,20)(H,17,21);2*1H. The lowest BCUT2D eigenvalue weighted by Gasteiger charge is -2.12. The topological polar surface area (TPSA) is 116 Å². The van der Waals surface area contributed by atoms with Gasteiger partial charge >= 0.3 is 0 Å². The molecule has 2 rings (SSSR count). The zero-order chi connectivity index (χ0) is 15.4. The third-order valence-corrected chi connectivity index (χ3v) is 3.24. The highest BCUT2D eigenvalue weighted by atomic mass is 35.5. The van der Waals surface area contributed by atoms with Crippen LogP contribution in [0.1, 0.15) is 12.2 Å². The van der Waals surface area contributed by atoms with Gasteiger partial charge < -0.3 is 21.4 Å². The summed E-state index contributed by atoms with van der Waals surface area (Å²) in [5.41, 5.74) is 12.5. The highest BCUT2D eigenvalue weighted by molar-refractivity contribution is 5.87. The summed E-state index contributed by atoms with van der Waals surface area (Å²) in [6.07, 6.45) is -0.154. The molecule has 1 heterocycles. The molecule has 0 bridgehead atoms. The molecule has 1 aromatic heterocycles. The number of amides is 2. The number of hydrogen-bond acceptors (Lipinski definition) is 4. The summed E-state index contributed by atoms with van der Waals surface area (Å²) in [6, 6.07) is 6.91. The van der Waals surface area contributed by atoms with E-state index in [0.717, 1.165) is 16.9 Å². The smallest absolute Gasteiger partial charge is 0.237 e. The lowest BCUT2D eigenvalue weighted by molar-refractivity contribution is -0.126. The number of halogens is 2. The summed E-state index contributed by atoms with van der Waals surface area (Å²) in [6.45, 7) is 2.91. The van der Waals surface area contributed by atoms with Crippen molar-refractivity contribution in [3.8, 4) is 0 Å². The van der Waals surface area contributed by atoms with Gasteiger partial charge in [0.25, 0.3) is 0 Å². The van der Waals surface area contributed by atoms with E-state index >= 15 is 0 Å². The predicted octanol–water partition coefficient (Wildman–Crippen LogP) is 0.507. The van der Waals surface area contributed by atoms with Crippen LogP contribution in [0.15, 0.2) is 24.3 Å². The summed E-state index contributed by atoms with van der Waals surface area (Å²) in [5.74, 6) is -0.0862. The molecular weight excluding hydrogens is 341 g/mol. The quantitative estimate of drug-likeness (QED) is 0.694. The number of carbonyl (C=O) groups excluding carboxylic acids is 2. The molecule has 1 atom stereocenters. The minimum Gasteiger partial charge on any atom is -0.370 e. The zero-order valence-corrected chi connectivity index (χ0v) is 14.3. The summed E-state index contributed by atoms with van der Waals surface area (Å²) in [5, 5.41) is 2.70. The lowest BCUT2D eigenvalue weighted by atomic mass is 10.2. The number of aryl methyl sites for hydroxylation is 1. The fourth-order valence-corrected chi connectivity index (χ4v) is 2.21. The first-order valence-electron chi connectivity index (χ1n) is 6.72. The van der Waals surface area contributed by atoms with E-state index in [1.165, 1.54) is 0 Å². The van der Waals surface area contributed by atoms with E-state index in [9.17, 15) is 9.59 Å². The van der Waals surface area contributed by atoms with Gasteiger partial charge in [-0.3, -0.25) is 9.59 Å². The number of nitrogens with one attached hydrogen (secondary N) is 1. The van der Waals surface area contributed by atoms with Crippen LogP contribution in [0.3, 0.4) is 0 Å². The van der Waals surface area contributed by atoms with Gasteiger partial charge in [0.05, 0.1) is 23.5 Å². The average Bonchev–Trinajstić information content (AvgIpc) is 2.74. The van der Waals surface area contributed by atoms with Crippen LogP contribution < -0.4 is 16.8 Å². The molecule has 23 heavy (non-hydrogen) atoms. The van der Waals surface area contributed by atoms with Gasteiger partial charge in [0.15, 0.2) is 0 Å². The second-order valence-corrected chi connectivity index (χ2v) is 4.87. The number of carbonyl (C=O) groups is 2. The van der Waals surface area contributed by atoms with Gasteiger partial charge in [-0.05, 0) is 19.1 Å². The minimum atomic E-state index is -0.900. The lowest BCUT2D eigenvalue weighted by Crippen LogP contribution is -2.43. The first kappa shape index (κ1) is 21.2. The molecule has 1 aromatic carbocycles. The van der Waals surface area contributed by atoms with E-state index in [-0.39, 0.29) is 37.1 Å². The molecule has 0 aliphatic rings. The van der Waals surface area contributed by atoms with E-state index in [4.69, 9.17) is 11.5 Å². The fourth-order valence-electron chi connectivity index (χ4n) is 2.21. The van der Waals surface area contributed by atoms with E-state index in [2.05, 4.69) is 10.3 Å². The van der Waals surface area contributed by atoms with E-state index in [1.54, 1.807) is 0 Å². The number of fused-ring (bicyclic) bond motifs is 1. The van der Waals surface area contributed by atoms with Gasteiger partial charge in [0, 0.05) is 13.1 Å². The highest BCUT2D eigenvalue weighted by Gasteiger charge is 2.15. The molecule has 9 heteroatoms. The van der Waals surface area contributed by atoms with Gasteiger partial charge in [-0.25, -0.2) is 4.98 Å². The van der Waals surface area contributed by atoms with E-state index in [0.29, 0.717) is 13.1 Å². The summed E-state index contributed by atoms with van der Waals surface area (Å²) in [7, 11) is 0. The zero-order valence-electron chi connectivity index (χ0n) is 12.7. The molecule has 0 aliphatic heterocycles. The maximum absolute atomic E-state index is 11.7. The molecule has 2 amide bonds. The average molecular weight is 362 g/mol. The molecule has 0 fully saturated rings. The molecule has 5 N–H and O–H groups in total. The Balaban J connectivity index is 0.00000242. The van der Waals surface area contributed by atoms with Crippen molar-refractivity contribution < 1.29 is 9.59 Å². The number of aromatic nitrogens is 2. The number of para-hydroxylation sites is 2. The largest absolute Gasteiger partial charge is 0.370 e. The Morgan fingerprint density at radius 1 is 1.30 bits per heavy atom. The van der Waals surface area contributed by atoms with Gasteiger partial charge in [-0.15, -0.1) is 24.8 Å². The van der Waals surface area contributed by atoms with Crippen LogP contribution >= 0.6 is 24.8 Å². The summed E-state index contributed by atoms with van der Waals surface area (Å²) < 4.78 is 2.02. The number of primary amides is 1. The number of nitrogens with two attached hydrogens (primary N) is 2. The normalized spacial score (nSPS) is 11.2. The van der Waals surface area contributed by atoms with Crippen LogP contribution in [-0.2, 0) is 16.1 Å². The maximum Gasteiger partial charge on any atom is 0.237 e. The molecule has 0 spiro atoms. The van der Waals surface area contributed by atoms with Gasteiger partial charge in [-0.2, -0.15) is 0 Å². The third-order valence-electron chi connectivity index (χ3n) is 3.24. The van der Waals surface area contributed by atoms with Crippen molar-refractivity contribution in [1.82, 2.24) is 14.9 Å². The molecule has 7 nitrogen and oxygen atoms in total. The van der Waals surface area contributed by atoms with Crippen LogP contribution in [-0.4, -0.2) is 34.0 Å². The Morgan fingerprint density at radius 3 is 2.61 bits per heavy atom. The van der Waals surface area contributed by atoms with Crippen LogP contribution in [0.4, 0.5) is 0 Å². The molecule has 0 saturated heterocycles. The van der Waals surface area contributed by atoms with Gasteiger partial charge in [-0.1, -0.05) is 12.1 Å². The van der Waals surface area contributed by atoms with Gasteiger partial charge in [0.2, 0.25) is 11.8 Å². The number of rotatable bonds is 6. The Morgan fingerprint density at radius 2 is 1.96 bits per heavy atom. The van der Waals surface area contributed by atoms with Crippen molar-refractivity contribution in [3.05, 3.63) is 30.1 Å². The van der Waals surface area contributed by atoms with Crippen LogP contribution in [0.2, 0.25) is 0 Å². The summed E-state index contributed by atoms with van der Waals surface area (Å²) >= 11 is 0. The monoisotopic (exact) mass is 361 g/mol. The SMILES string of the molecule is Cc1nc2ccccc2n1CCNC(=O)C(N)CC(N)=O.Cl.Cl. The number of nitrogens with zero attached hydrogens (tertiary/aromatic N) is 2. The third kappa shape index (κ3) is 5.38. The van der Waals surface area contributed by atoms with Crippen molar-refractivity contribution in [2.45, 2.75) is 25.9 Å². The van der Waals surface area contributed by atoms with Crippen molar-refractivity contribution in [1.29, 1.82) is 0 Å². The Labute approximate surface area is 146 Å². The molecule has 2 aromatic rings. The highest BCUT2D eigenvalue weighted by Crippen LogP contribution is 2.14. The van der Waals surface area contributed by atoms with Crippen molar-refractivity contribution in [3.63, 3.8) is 0 Å². The molecule has 128 valence electrons. The van der Waals surface area contributed by atoms with Crippen LogP contribution in [0.5, 0.6) is 0 Å². The number of hydrogen-bond donors (Lipinski definition) is 3. The van der Waals surface area contributed by atoms with Crippen molar-refractivity contribution in [2.24, 2.45) is 11.5 Å². The molecular formula is C14H21Cl2N5O2. The first-order chi connectivity index (χ1) is 9.99. The Hall–Kier alpha value is -1.83. The van der Waals surface area contributed by atoms with Gasteiger partial charge in [0.1, 0.15) is 5.82 Å². The first-order valence-corrected chi connectivity index (χ1v) is 6.72. The minimum absolute atomic E-state index is 0. The molecule has 0 aliphatic carbocycles. The van der Waals surface area contributed by atoms with Crippen molar-refractivity contribution in [2.75, 3.05) is 6.54 Å². The molecule has 0 radical (unpaired) electrons. The molecule has 0 saturated carbocycles. The fraction of sp³-hybridized carbons (Fsp3) is 0.357. The van der Waals surface area contributed by atoms with Crippen LogP contribution in [0.25, 0.3) is 11.0 Å². The maximum atomic E-state index is 11.7. The van der Waals surface area contributed by atoms with Crippen LogP contribution in [0, 0.1) is 6.92 Å². The Bertz CT molecular complexity index is 674. The number of imidazole rings is 1. The number of benzene rings is 1. The van der Waals surface area contributed by atoms with E-state index in [1.807, 2.05) is 35.8 Å². The molecule has 1 unspecified atom stereocenters. The van der Waals surface area contributed by atoms with Crippen molar-refractivity contribution >= 4 is 47.7 Å². The second-order valence-electron chi connectivity index (χ2n) is 4.87. The Kier molecular flexibility index (Phi) is 8.60. The second kappa shape index (κ2) is 9.34. The predicted molar refractivity (Wildman–Crippen MR) is 93.8 cm³/mol. The summed E-state index contributed by atoms with van der Waals surface area (Å²) in [4.78, 5) is 26.9. The van der Waals surface area contributed by atoms with E-state index < -0.39 is 11.9 Å².